The van der Waals surface area contributed by atoms with E-state index in [-0.39, 0.29) is 0 Å². The van der Waals surface area contributed by atoms with E-state index in [9.17, 15) is 0 Å². The maximum absolute atomic E-state index is 6.35. The van der Waals surface area contributed by atoms with Crippen molar-refractivity contribution in [3.63, 3.8) is 0 Å². The van der Waals surface area contributed by atoms with Crippen molar-refractivity contribution >= 4 is 0 Å². The van der Waals surface area contributed by atoms with Crippen LogP contribution < -0.4 is 24.7 Å². The van der Waals surface area contributed by atoms with Crippen LogP contribution in [0.15, 0.2) is 36.4 Å². The number of benzene rings is 2. The number of nitrogens with one attached hydrogen (secondary N) is 1. The first-order valence-electron chi connectivity index (χ1n) is 8.23. The second-order valence-corrected chi connectivity index (χ2v) is 5.71. The highest BCUT2D eigenvalue weighted by Crippen LogP contribution is 2.33. The molecule has 0 spiro atoms. The molecule has 0 bridgehead atoms. The first-order chi connectivity index (χ1) is 13.1. The second-order valence-electron chi connectivity index (χ2n) is 5.71. The minimum Gasteiger partial charge on any atom is -0.493 e. The summed E-state index contributed by atoms with van der Waals surface area (Å²) >= 11 is 0. The quantitative estimate of drug-likeness (QED) is 0.658. The summed E-state index contributed by atoms with van der Waals surface area (Å²) in [5, 5.41) is 7.18. The normalized spacial score (nSPS) is 11.7. The smallest absolute Gasteiger partial charge is 0.181 e. The Morgan fingerprint density at radius 1 is 0.815 bits per heavy atom. The number of ether oxygens (including phenoxy) is 4. The molecule has 3 aromatic rings. The molecule has 0 saturated heterocycles. The molecule has 8 nitrogen and oxygen atoms in total. The number of aromatic nitrogens is 3. The van der Waals surface area contributed by atoms with E-state index in [1.807, 2.05) is 24.3 Å². The molecule has 0 radical (unpaired) electrons. The van der Waals surface area contributed by atoms with Crippen LogP contribution in [0.2, 0.25) is 0 Å². The maximum atomic E-state index is 6.35. The number of hydrogen-bond acceptors (Lipinski definition) is 7. The molecule has 3 N–H and O–H groups in total. The molecule has 8 heteroatoms. The van der Waals surface area contributed by atoms with Crippen LogP contribution in [0, 0.1) is 0 Å². The Labute approximate surface area is 157 Å². The number of methoxy groups -OCH3 is 4. The van der Waals surface area contributed by atoms with Gasteiger partial charge in [-0.15, -0.1) is 0 Å². The van der Waals surface area contributed by atoms with Crippen molar-refractivity contribution in [1.82, 2.24) is 15.2 Å². The minimum atomic E-state index is -0.494. The molecule has 142 valence electrons. The van der Waals surface area contributed by atoms with E-state index < -0.39 is 6.04 Å². The summed E-state index contributed by atoms with van der Waals surface area (Å²) in [6.45, 7) is 0. The van der Waals surface area contributed by atoms with E-state index in [4.69, 9.17) is 24.7 Å². The largest absolute Gasteiger partial charge is 0.493 e. The zero-order valence-corrected chi connectivity index (χ0v) is 15.6. The SMILES string of the molecule is COc1ccc(-c2n[nH]c([C@@H](N)c3ccc(OC)c(OC)c3)n2)cc1OC. The van der Waals surface area contributed by atoms with Gasteiger partial charge in [-0.1, -0.05) is 6.07 Å². The van der Waals surface area contributed by atoms with Crippen LogP contribution in [-0.4, -0.2) is 43.6 Å². The lowest BCUT2D eigenvalue weighted by Gasteiger charge is -2.13. The van der Waals surface area contributed by atoms with Crippen LogP contribution in [-0.2, 0) is 0 Å². The van der Waals surface area contributed by atoms with Crippen molar-refractivity contribution in [2.45, 2.75) is 6.04 Å². The molecule has 2 aromatic carbocycles. The minimum absolute atomic E-state index is 0.494. The Balaban J connectivity index is 1.89. The van der Waals surface area contributed by atoms with Crippen LogP contribution >= 0.6 is 0 Å². The van der Waals surface area contributed by atoms with Crippen molar-refractivity contribution in [2.75, 3.05) is 28.4 Å². The lowest BCUT2D eigenvalue weighted by molar-refractivity contribution is 0.354. The summed E-state index contributed by atoms with van der Waals surface area (Å²) < 4.78 is 21.2. The van der Waals surface area contributed by atoms with E-state index in [1.165, 1.54) is 0 Å². The van der Waals surface area contributed by atoms with Gasteiger partial charge in [0.25, 0.3) is 0 Å². The summed E-state index contributed by atoms with van der Waals surface area (Å²) in [6, 6.07) is 10.5. The van der Waals surface area contributed by atoms with Crippen LogP contribution in [0.3, 0.4) is 0 Å². The summed E-state index contributed by atoms with van der Waals surface area (Å²) in [5.41, 5.74) is 7.96. The molecule has 0 amide bonds. The third-order valence-electron chi connectivity index (χ3n) is 4.21. The Kier molecular flexibility index (Phi) is 5.46. The fourth-order valence-electron chi connectivity index (χ4n) is 2.72. The lowest BCUT2D eigenvalue weighted by Crippen LogP contribution is -2.14. The zero-order valence-electron chi connectivity index (χ0n) is 15.6. The number of aromatic amines is 1. The summed E-state index contributed by atoms with van der Waals surface area (Å²) in [6.07, 6.45) is 0. The third kappa shape index (κ3) is 3.65. The lowest BCUT2D eigenvalue weighted by atomic mass is 10.1. The number of hydrogen-bond donors (Lipinski definition) is 2. The van der Waals surface area contributed by atoms with Gasteiger partial charge in [0.05, 0.1) is 34.5 Å². The fourth-order valence-corrected chi connectivity index (χ4v) is 2.72. The molecule has 0 fully saturated rings. The summed E-state index contributed by atoms with van der Waals surface area (Å²) in [5.74, 6) is 3.53. The number of rotatable bonds is 7. The van der Waals surface area contributed by atoms with E-state index in [1.54, 1.807) is 40.6 Å². The number of nitrogens with two attached hydrogens (primary N) is 1. The highest BCUT2D eigenvalue weighted by molar-refractivity contribution is 5.61. The Morgan fingerprint density at radius 3 is 2.04 bits per heavy atom. The van der Waals surface area contributed by atoms with E-state index in [0.29, 0.717) is 34.6 Å². The van der Waals surface area contributed by atoms with Gasteiger partial charge in [0.2, 0.25) is 0 Å². The van der Waals surface area contributed by atoms with E-state index in [0.717, 1.165) is 11.1 Å². The van der Waals surface area contributed by atoms with Gasteiger partial charge in [-0.3, -0.25) is 5.10 Å². The average molecular weight is 370 g/mol. The average Bonchev–Trinajstić information content (AvgIpc) is 3.22. The van der Waals surface area contributed by atoms with Crippen LogP contribution in [0.5, 0.6) is 23.0 Å². The van der Waals surface area contributed by atoms with Gasteiger partial charge in [0.1, 0.15) is 5.82 Å². The van der Waals surface area contributed by atoms with Gasteiger partial charge in [-0.2, -0.15) is 5.10 Å². The third-order valence-corrected chi connectivity index (χ3v) is 4.21. The highest BCUT2D eigenvalue weighted by atomic mass is 16.5. The maximum Gasteiger partial charge on any atom is 0.181 e. The molecule has 0 saturated carbocycles. The zero-order chi connectivity index (χ0) is 19.4. The first-order valence-corrected chi connectivity index (χ1v) is 8.23. The van der Waals surface area contributed by atoms with E-state index >= 15 is 0 Å². The van der Waals surface area contributed by atoms with Gasteiger partial charge in [0.15, 0.2) is 28.8 Å². The second kappa shape index (κ2) is 7.96. The molecule has 0 aliphatic heterocycles. The van der Waals surface area contributed by atoms with Gasteiger partial charge in [0, 0.05) is 5.56 Å². The standard InChI is InChI=1S/C19H22N4O4/c1-24-13-7-5-11(9-15(13)26-3)17(20)19-21-18(22-23-19)12-6-8-14(25-2)16(10-12)27-4/h5-10,17H,20H2,1-4H3,(H,21,22,23)/t17-/m0/s1. The van der Waals surface area contributed by atoms with Crippen LogP contribution in [0.25, 0.3) is 11.4 Å². The van der Waals surface area contributed by atoms with Crippen molar-refractivity contribution in [2.24, 2.45) is 5.73 Å². The number of nitrogens with zero attached hydrogens (tertiary/aromatic N) is 2. The monoisotopic (exact) mass is 370 g/mol. The van der Waals surface area contributed by atoms with Gasteiger partial charge in [-0.25, -0.2) is 4.98 Å². The highest BCUT2D eigenvalue weighted by Gasteiger charge is 2.18. The Morgan fingerprint density at radius 2 is 1.41 bits per heavy atom. The van der Waals surface area contributed by atoms with Gasteiger partial charge >= 0.3 is 0 Å². The fraction of sp³-hybridized carbons (Fsp3) is 0.263. The molecule has 1 heterocycles. The van der Waals surface area contributed by atoms with Crippen molar-refractivity contribution in [3.8, 4) is 34.4 Å². The predicted molar refractivity (Wildman–Crippen MR) is 100 cm³/mol. The molecular weight excluding hydrogens is 348 g/mol. The predicted octanol–water partition coefficient (Wildman–Crippen LogP) is 2.55. The molecule has 1 aromatic heterocycles. The molecule has 0 aliphatic carbocycles. The Bertz CT molecular complexity index is 926. The van der Waals surface area contributed by atoms with Crippen LogP contribution in [0.4, 0.5) is 0 Å². The Hall–Kier alpha value is -3.26. The molecular formula is C19H22N4O4. The van der Waals surface area contributed by atoms with Crippen LogP contribution in [0.1, 0.15) is 17.4 Å². The van der Waals surface area contributed by atoms with Gasteiger partial charge in [-0.05, 0) is 35.9 Å². The molecule has 3 rings (SSSR count). The van der Waals surface area contributed by atoms with Crippen molar-refractivity contribution in [3.05, 3.63) is 47.8 Å². The topological polar surface area (TPSA) is 105 Å². The molecule has 0 unspecified atom stereocenters. The molecule has 0 aliphatic rings. The van der Waals surface area contributed by atoms with Crippen molar-refractivity contribution in [1.29, 1.82) is 0 Å². The molecule has 1 atom stereocenters. The van der Waals surface area contributed by atoms with E-state index in [2.05, 4.69) is 15.2 Å². The first kappa shape index (κ1) is 18.5. The van der Waals surface area contributed by atoms with Gasteiger partial charge < -0.3 is 24.7 Å². The van der Waals surface area contributed by atoms with Crippen molar-refractivity contribution < 1.29 is 18.9 Å². The molecule has 27 heavy (non-hydrogen) atoms. The summed E-state index contributed by atoms with van der Waals surface area (Å²) in [4.78, 5) is 4.53. The number of H-pyrrole nitrogens is 1. The summed E-state index contributed by atoms with van der Waals surface area (Å²) in [7, 11) is 6.34.